The highest BCUT2D eigenvalue weighted by molar-refractivity contribution is 6.03. The summed E-state index contributed by atoms with van der Waals surface area (Å²) >= 11 is 0. The molecule has 0 saturated carbocycles. The van der Waals surface area contributed by atoms with E-state index in [0.717, 1.165) is 11.0 Å². The molecular weight excluding hydrogens is 278 g/mol. The number of nitrogens with zero attached hydrogens (tertiary/aromatic N) is 2. The second-order valence-electron chi connectivity index (χ2n) is 5.05. The standard InChI is InChI=1S/C13H17N3O5/c1-3-4-5-16-10-9(12(20)15(2)13(16)21)7(6-8(17)18)11(19)14-10/h7H,3-6H2,1-2H3,(H,14,19)(H,17,18)/t7-/m0/s1. The van der Waals surface area contributed by atoms with E-state index in [9.17, 15) is 19.2 Å². The van der Waals surface area contributed by atoms with Crippen molar-refractivity contribution in [3.63, 3.8) is 0 Å². The van der Waals surface area contributed by atoms with Crippen LogP contribution in [0.25, 0.3) is 0 Å². The Labute approximate surface area is 120 Å². The molecule has 1 aliphatic rings. The summed E-state index contributed by atoms with van der Waals surface area (Å²) < 4.78 is 2.25. The molecule has 0 radical (unpaired) electrons. The second kappa shape index (κ2) is 5.55. The van der Waals surface area contributed by atoms with E-state index >= 15 is 0 Å². The molecule has 0 unspecified atom stereocenters. The van der Waals surface area contributed by atoms with Crippen molar-refractivity contribution in [3.8, 4) is 0 Å². The van der Waals surface area contributed by atoms with Crippen molar-refractivity contribution in [2.24, 2.45) is 7.05 Å². The number of rotatable bonds is 5. The van der Waals surface area contributed by atoms with Gasteiger partial charge < -0.3 is 10.4 Å². The monoisotopic (exact) mass is 295 g/mol. The minimum absolute atomic E-state index is 0.0700. The van der Waals surface area contributed by atoms with Gasteiger partial charge in [-0.05, 0) is 6.42 Å². The smallest absolute Gasteiger partial charge is 0.332 e. The third-order valence-electron chi connectivity index (χ3n) is 3.60. The number of anilines is 1. The normalized spacial score (nSPS) is 16.7. The van der Waals surface area contributed by atoms with Gasteiger partial charge >= 0.3 is 11.7 Å². The predicted octanol–water partition coefficient (Wildman–Crippen LogP) is -0.142. The molecule has 8 heteroatoms. The number of carbonyl (C=O) groups excluding carboxylic acids is 1. The third-order valence-corrected chi connectivity index (χ3v) is 3.60. The Bertz CT molecular complexity index is 716. The number of carbonyl (C=O) groups is 2. The Morgan fingerprint density at radius 1 is 1.33 bits per heavy atom. The quantitative estimate of drug-likeness (QED) is 0.785. The van der Waals surface area contributed by atoms with E-state index in [2.05, 4.69) is 5.32 Å². The first-order valence-electron chi connectivity index (χ1n) is 6.74. The molecule has 1 aromatic heterocycles. The van der Waals surface area contributed by atoms with E-state index < -0.39 is 35.5 Å². The maximum absolute atomic E-state index is 12.2. The number of hydrogen-bond donors (Lipinski definition) is 2. The van der Waals surface area contributed by atoms with Gasteiger partial charge in [-0.15, -0.1) is 0 Å². The molecule has 2 heterocycles. The van der Waals surface area contributed by atoms with Crippen molar-refractivity contribution >= 4 is 17.7 Å². The number of hydrogen-bond acceptors (Lipinski definition) is 4. The number of nitrogens with one attached hydrogen (secondary N) is 1. The van der Waals surface area contributed by atoms with Crippen molar-refractivity contribution in [2.45, 2.75) is 38.6 Å². The highest BCUT2D eigenvalue weighted by atomic mass is 16.4. The predicted molar refractivity (Wildman–Crippen MR) is 74.5 cm³/mol. The minimum atomic E-state index is -1.17. The Morgan fingerprint density at radius 3 is 2.57 bits per heavy atom. The number of unbranched alkanes of at least 4 members (excludes halogenated alkanes) is 1. The molecule has 1 atom stereocenters. The molecular formula is C13H17N3O5. The molecule has 8 nitrogen and oxygen atoms in total. The molecule has 2 N–H and O–H groups in total. The fraction of sp³-hybridized carbons (Fsp3) is 0.538. The first-order chi connectivity index (χ1) is 9.88. The molecule has 0 aliphatic carbocycles. The topological polar surface area (TPSA) is 110 Å². The van der Waals surface area contributed by atoms with Crippen LogP contribution in [-0.2, 0) is 23.2 Å². The van der Waals surface area contributed by atoms with Crippen molar-refractivity contribution in [2.75, 3.05) is 5.32 Å². The molecule has 0 bridgehead atoms. The summed E-state index contributed by atoms with van der Waals surface area (Å²) in [6.45, 7) is 2.32. The lowest BCUT2D eigenvalue weighted by molar-refractivity contribution is -0.138. The van der Waals surface area contributed by atoms with Gasteiger partial charge in [-0.1, -0.05) is 13.3 Å². The van der Waals surface area contributed by atoms with Crippen molar-refractivity contribution in [1.82, 2.24) is 9.13 Å². The second-order valence-corrected chi connectivity index (χ2v) is 5.05. The summed E-state index contributed by atoms with van der Waals surface area (Å²) in [5.41, 5.74) is -1.06. The van der Waals surface area contributed by atoms with Gasteiger partial charge in [0.1, 0.15) is 5.82 Å². The van der Waals surface area contributed by atoms with Gasteiger partial charge in [0.25, 0.3) is 5.56 Å². The average Bonchev–Trinajstić information content (AvgIpc) is 2.73. The van der Waals surface area contributed by atoms with E-state index in [1.807, 2.05) is 6.92 Å². The van der Waals surface area contributed by atoms with Crippen LogP contribution >= 0.6 is 0 Å². The summed E-state index contributed by atoms with van der Waals surface area (Å²) in [5.74, 6) is -2.63. The molecule has 0 fully saturated rings. The first-order valence-corrected chi connectivity index (χ1v) is 6.74. The zero-order valence-electron chi connectivity index (χ0n) is 11.9. The van der Waals surface area contributed by atoms with Crippen molar-refractivity contribution in [3.05, 3.63) is 26.4 Å². The molecule has 0 spiro atoms. The molecule has 21 heavy (non-hydrogen) atoms. The Hall–Kier alpha value is -2.38. The summed E-state index contributed by atoms with van der Waals surface area (Å²) in [5, 5.41) is 11.4. The lowest BCUT2D eigenvalue weighted by Gasteiger charge is -2.13. The fourth-order valence-electron chi connectivity index (χ4n) is 2.47. The van der Waals surface area contributed by atoms with Gasteiger partial charge in [-0.25, -0.2) is 4.79 Å². The first kappa shape index (κ1) is 15.0. The molecule has 114 valence electrons. The van der Waals surface area contributed by atoms with Crippen LogP contribution < -0.4 is 16.6 Å². The van der Waals surface area contributed by atoms with Crippen LogP contribution in [0.1, 0.15) is 37.7 Å². The van der Waals surface area contributed by atoms with Crippen LogP contribution in [-0.4, -0.2) is 26.1 Å². The van der Waals surface area contributed by atoms with E-state index in [4.69, 9.17) is 5.11 Å². The van der Waals surface area contributed by atoms with Crippen LogP contribution in [0.15, 0.2) is 9.59 Å². The van der Waals surface area contributed by atoms with Crippen LogP contribution in [0.5, 0.6) is 0 Å². The van der Waals surface area contributed by atoms with Crippen molar-refractivity contribution < 1.29 is 14.7 Å². The van der Waals surface area contributed by atoms with Gasteiger partial charge in [0.05, 0.1) is 17.9 Å². The Morgan fingerprint density at radius 2 is 2.00 bits per heavy atom. The maximum atomic E-state index is 12.2. The van der Waals surface area contributed by atoms with Crippen molar-refractivity contribution in [1.29, 1.82) is 0 Å². The summed E-state index contributed by atoms with van der Waals surface area (Å²) in [6, 6.07) is 0. The summed E-state index contributed by atoms with van der Waals surface area (Å²) in [6.07, 6.45) is 1.08. The SMILES string of the molecule is CCCCn1c2c(c(=O)n(C)c1=O)[C@H](CC(=O)O)C(=O)N2. The van der Waals surface area contributed by atoms with Gasteiger partial charge in [0.2, 0.25) is 5.91 Å². The van der Waals surface area contributed by atoms with E-state index in [1.54, 1.807) is 0 Å². The molecule has 0 aromatic carbocycles. The summed E-state index contributed by atoms with van der Waals surface area (Å²) in [4.78, 5) is 47.2. The lowest BCUT2D eigenvalue weighted by atomic mass is 10.00. The zero-order valence-corrected chi connectivity index (χ0v) is 11.9. The van der Waals surface area contributed by atoms with Gasteiger partial charge in [-0.2, -0.15) is 0 Å². The Balaban J connectivity index is 2.65. The average molecular weight is 295 g/mol. The highest BCUT2D eigenvalue weighted by Crippen LogP contribution is 2.31. The maximum Gasteiger partial charge on any atom is 0.332 e. The molecule has 1 aromatic rings. The van der Waals surface area contributed by atoms with Crippen LogP contribution in [0.4, 0.5) is 5.82 Å². The largest absolute Gasteiger partial charge is 0.481 e. The molecule has 0 saturated heterocycles. The highest BCUT2D eigenvalue weighted by Gasteiger charge is 2.38. The fourth-order valence-corrected chi connectivity index (χ4v) is 2.47. The van der Waals surface area contributed by atoms with Crippen LogP contribution in [0, 0.1) is 0 Å². The number of aliphatic carboxylic acids is 1. The van der Waals surface area contributed by atoms with Crippen LogP contribution in [0.3, 0.4) is 0 Å². The number of aromatic nitrogens is 2. The molecule has 1 aliphatic heterocycles. The van der Waals surface area contributed by atoms with E-state index in [0.29, 0.717) is 13.0 Å². The summed E-state index contributed by atoms with van der Waals surface area (Å²) in [7, 11) is 1.33. The number of fused-ring (bicyclic) bond motifs is 1. The molecule has 2 rings (SSSR count). The number of carboxylic acid groups (broad SMARTS) is 1. The van der Waals surface area contributed by atoms with Gasteiger partial charge in [-0.3, -0.25) is 23.5 Å². The van der Waals surface area contributed by atoms with Gasteiger partial charge in [0, 0.05) is 13.6 Å². The van der Waals surface area contributed by atoms with Crippen LogP contribution in [0.2, 0.25) is 0 Å². The lowest BCUT2D eigenvalue weighted by Crippen LogP contribution is -2.40. The number of amides is 1. The zero-order chi connectivity index (χ0) is 15.7. The molecule has 1 amide bonds. The Kier molecular flexibility index (Phi) is 3.97. The van der Waals surface area contributed by atoms with Gasteiger partial charge in [0.15, 0.2) is 0 Å². The van der Waals surface area contributed by atoms with E-state index in [1.165, 1.54) is 11.6 Å². The minimum Gasteiger partial charge on any atom is -0.481 e. The van der Waals surface area contributed by atoms with E-state index in [-0.39, 0.29) is 11.4 Å². The number of carboxylic acids is 1. The third kappa shape index (κ3) is 2.48.